The van der Waals surface area contributed by atoms with Crippen LogP contribution in [0.2, 0.25) is 0 Å². The van der Waals surface area contributed by atoms with Gasteiger partial charge >= 0.3 is 5.97 Å². The van der Waals surface area contributed by atoms with Crippen LogP contribution in [0.3, 0.4) is 0 Å². The molecule has 0 fully saturated rings. The number of carboxylic acids is 1. The standard InChI is InChI=1S/C19H22FNO3/c20-16-8-6-14(7-9-16)10-15(19(23)24)12-18(22)17(21)11-13-4-2-1-3-5-13/h1-9,15,17-18,22H,10-12,21H2,(H,23,24). The number of aliphatic hydroxyl groups is 1. The van der Waals surface area contributed by atoms with Gasteiger partial charge in [0.15, 0.2) is 0 Å². The molecule has 0 saturated heterocycles. The van der Waals surface area contributed by atoms with E-state index in [1.54, 1.807) is 12.1 Å². The zero-order chi connectivity index (χ0) is 17.5. The molecule has 0 aromatic heterocycles. The fourth-order valence-electron chi connectivity index (χ4n) is 2.67. The average molecular weight is 331 g/mol. The lowest BCUT2D eigenvalue weighted by Gasteiger charge is -2.22. The summed E-state index contributed by atoms with van der Waals surface area (Å²) in [4.78, 5) is 11.5. The highest BCUT2D eigenvalue weighted by atomic mass is 19.1. The van der Waals surface area contributed by atoms with Gasteiger partial charge in [0.25, 0.3) is 0 Å². The fourth-order valence-corrected chi connectivity index (χ4v) is 2.67. The van der Waals surface area contributed by atoms with E-state index in [9.17, 15) is 19.4 Å². The molecule has 2 aromatic rings. The number of hydrogen-bond acceptors (Lipinski definition) is 3. The van der Waals surface area contributed by atoms with E-state index in [2.05, 4.69) is 0 Å². The van der Waals surface area contributed by atoms with E-state index in [0.29, 0.717) is 12.0 Å². The van der Waals surface area contributed by atoms with Crippen LogP contribution in [0.1, 0.15) is 17.5 Å². The number of rotatable bonds is 8. The van der Waals surface area contributed by atoms with Gasteiger partial charge in [0, 0.05) is 6.04 Å². The maximum absolute atomic E-state index is 12.9. The Kier molecular flexibility index (Phi) is 6.46. The molecule has 0 radical (unpaired) electrons. The van der Waals surface area contributed by atoms with Crippen molar-refractivity contribution in [2.24, 2.45) is 11.7 Å². The van der Waals surface area contributed by atoms with Gasteiger partial charge < -0.3 is 15.9 Å². The van der Waals surface area contributed by atoms with Crippen LogP contribution in [0.25, 0.3) is 0 Å². The van der Waals surface area contributed by atoms with Crippen molar-refractivity contribution in [1.82, 2.24) is 0 Å². The summed E-state index contributed by atoms with van der Waals surface area (Å²) in [5.74, 6) is -2.13. The summed E-state index contributed by atoms with van der Waals surface area (Å²) < 4.78 is 12.9. The van der Waals surface area contributed by atoms with Gasteiger partial charge in [-0.25, -0.2) is 4.39 Å². The molecule has 4 nitrogen and oxygen atoms in total. The van der Waals surface area contributed by atoms with Gasteiger partial charge in [-0.3, -0.25) is 4.79 Å². The van der Waals surface area contributed by atoms with Crippen molar-refractivity contribution in [2.45, 2.75) is 31.4 Å². The van der Waals surface area contributed by atoms with Crippen LogP contribution in [0, 0.1) is 11.7 Å². The highest BCUT2D eigenvalue weighted by molar-refractivity contribution is 5.70. The van der Waals surface area contributed by atoms with Gasteiger partial charge in [0.05, 0.1) is 12.0 Å². The second-order valence-corrected chi connectivity index (χ2v) is 6.02. The van der Waals surface area contributed by atoms with Crippen LogP contribution in [0.15, 0.2) is 54.6 Å². The van der Waals surface area contributed by atoms with Crippen molar-refractivity contribution >= 4 is 5.97 Å². The Morgan fingerprint density at radius 2 is 1.58 bits per heavy atom. The van der Waals surface area contributed by atoms with Crippen molar-refractivity contribution in [3.05, 3.63) is 71.5 Å². The first-order valence-electron chi connectivity index (χ1n) is 7.90. The van der Waals surface area contributed by atoms with Gasteiger partial charge in [-0.2, -0.15) is 0 Å². The summed E-state index contributed by atoms with van der Waals surface area (Å²) in [6.45, 7) is 0. The topological polar surface area (TPSA) is 83.5 Å². The lowest BCUT2D eigenvalue weighted by atomic mass is 9.90. The van der Waals surface area contributed by atoms with E-state index in [1.807, 2.05) is 30.3 Å². The summed E-state index contributed by atoms with van der Waals surface area (Å²) in [6.07, 6.45) is -0.164. The highest BCUT2D eigenvalue weighted by Crippen LogP contribution is 2.18. The van der Waals surface area contributed by atoms with Crippen LogP contribution in [0.4, 0.5) is 4.39 Å². The van der Waals surface area contributed by atoms with Crippen molar-refractivity contribution in [1.29, 1.82) is 0 Å². The number of halogens is 1. The van der Waals surface area contributed by atoms with E-state index >= 15 is 0 Å². The number of benzene rings is 2. The van der Waals surface area contributed by atoms with E-state index in [1.165, 1.54) is 12.1 Å². The second-order valence-electron chi connectivity index (χ2n) is 6.02. The van der Waals surface area contributed by atoms with Crippen LogP contribution in [-0.2, 0) is 17.6 Å². The Morgan fingerprint density at radius 3 is 2.17 bits per heavy atom. The molecule has 3 unspecified atom stereocenters. The third-order valence-corrected chi connectivity index (χ3v) is 4.08. The van der Waals surface area contributed by atoms with Gasteiger partial charge in [-0.1, -0.05) is 42.5 Å². The molecule has 0 amide bonds. The van der Waals surface area contributed by atoms with Gasteiger partial charge in [-0.05, 0) is 42.5 Å². The third kappa shape index (κ3) is 5.44. The molecule has 3 atom stereocenters. The molecule has 0 saturated carbocycles. The Hall–Kier alpha value is -2.24. The molecule has 24 heavy (non-hydrogen) atoms. The maximum atomic E-state index is 12.9. The van der Waals surface area contributed by atoms with Crippen molar-refractivity contribution in [3.63, 3.8) is 0 Å². The number of aliphatic hydroxyl groups excluding tert-OH is 1. The van der Waals surface area contributed by atoms with Gasteiger partial charge in [-0.15, -0.1) is 0 Å². The number of aliphatic carboxylic acids is 1. The minimum atomic E-state index is -0.995. The normalized spacial score (nSPS) is 14.8. The average Bonchev–Trinajstić information content (AvgIpc) is 2.56. The first-order valence-corrected chi connectivity index (χ1v) is 7.90. The Bertz CT molecular complexity index is 645. The zero-order valence-electron chi connectivity index (χ0n) is 13.3. The predicted octanol–water partition coefficient (Wildman–Crippen LogP) is 2.39. The molecule has 2 rings (SSSR count). The Labute approximate surface area is 140 Å². The van der Waals surface area contributed by atoms with Crippen LogP contribution >= 0.6 is 0 Å². The van der Waals surface area contributed by atoms with Crippen molar-refractivity contribution in [2.75, 3.05) is 0 Å². The summed E-state index contributed by atoms with van der Waals surface area (Å²) in [7, 11) is 0. The molecule has 0 heterocycles. The quantitative estimate of drug-likeness (QED) is 0.693. The van der Waals surface area contributed by atoms with Crippen LogP contribution in [0.5, 0.6) is 0 Å². The summed E-state index contributed by atoms with van der Waals surface area (Å²) in [5.41, 5.74) is 7.73. The van der Waals surface area contributed by atoms with Crippen molar-refractivity contribution < 1.29 is 19.4 Å². The lowest BCUT2D eigenvalue weighted by Crippen LogP contribution is -2.39. The first-order chi connectivity index (χ1) is 11.5. The van der Waals surface area contributed by atoms with Gasteiger partial charge in [0.1, 0.15) is 5.82 Å². The molecule has 0 aliphatic rings. The minimum absolute atomic E-state index is 0.0563. The third-order valence-electron chi connectivity index (χ3n) is 4.08. The molecular formula is C19H22FNO3. The number of hydrogen-bond donors (Lipinski definition) is 3. The second kappa shape index (κ2) is 8.57. The zero-order valence-corrected chi connectivity index (χ0v) is 13.3. The lowest BCUT2D eigenvalue weighted by molar-refractivity contribution is -0.142. The molecular weight excluding hydrogens is 309 g/mol. The fraction of sp³-hybridized carbons (Fsp3) is 0.316. The maximum Gasteiger partial charge on any atom is 0.306 e. The SMILES string of the molecule is NC(Cc1ccccc1)C(O)CC(Cc1ccc(F)cc1)C(=O)O. The Balaban J connectivity index is 1.96. The molecule has 128 valence electrons. The highest BCUT2D eigenvalue weighted by Gasteiger charge is 2.25. The molecule has 0 bridgehead atoms. The first kappa shape index (κ1) is 18.1. The van der Waals surface area contributed by atoms with Crippen LogP contribution < -0.4 is 5.73 Å². The van der Waals surface area contributed by atoms with Crippen molar-refractivity contribution in [3.8, 4) is 0 Å². The number of carboxylic acid groups (broad SMARTS) is 1. The molecule has 5 heteroatoms. The predicted molar refractivity (Wildman–Crippen MR) is 90.0 cm³/mol. The number of carbonyl (C=O) groups is 1. The molecule has 0 spiro atoms. The van der Waals surface area contributed by atoms with E-state index in [4.69, 9.17) is 5.73 Å². The number of nitrogens with two attached hydrogens (primary N) is 1. The largest absolute Gasteiger partial charge is 0.481 e. The molecule has 2 aromatic carbocycles. The van der Waals surface area contributed by atoms with E-state index in [0.717, 1.165) is 5.56 Å². The van der Waals surface area contributed by atoms with Crippen LogP contribution in [-0.4, -0.2) is 28.3 Å². The summed E-state index contributed by atoms with van der Waals surface area (Å²) in [5, 5.41) is 19.7. The Morgan fingerprint density at radius 1 is 1.00 bits per heavy atom. The molecule has 4 N–H and O–H groups in total. The summed E-state index contributed by atoms with van der Waals surface area (Å²) >= 11 is 0. The summed E-state index contributed by atoms with van der Waals surface area (Å²) in [6, 6.07) is 14.7. The smallest absolute Gasteiger partial charge is 0.306 e. The minimum Gasteiger partial charge on any atom is -0.481 e. The van der Waals surface area contributed by atoms with Gasteiger partial charge in [0.2, 0.25) is 0 Å². The molecule has 0 aliphatic carbocycles. The van der Waals surface area contributed by atoms with E-state index < -0.39 is 24.0 Å². The monoisotopic (exact) mass is 331 g/mol. The van der Waals surface area contributed by atoms with E-state index in [-0.39, 0.29) is 18.7 Å². The molecule has 0 aliphatic heterocycles.